The Morgan fingerprint density at radius 2 is 2.07 bits per heavy atom. The quantitative estimate of drug-likeness (QED) is 0.890. The Kier molecular flexibility index (Phi) is 3.74. The van der Waals surface area contributed by atoms with Crippen molar-refractivity contribution in [1.29, 1.82) is 0 Å². The highest BCUT2D eigenvalue weighted by Gasteiger charge is 2.14. The third-order valence-electron chi connectivity index (χ3n) is 2.40. The third kappa shape index (κ3) is 2.72. The van der Waals surface area contributed by atoms with E-state index in [1.54, 1.807) is 6.07 Å². The third-order valence-corrected chi connectivity index (χ3v) is 3.18. The van der Waals surface area contributed by atoms with Crippen LogP contribution in [0.5, 0.6) is 11.5 Å². The zero-order valence-corrected chi connectivity index (χ0v) is 10.2. The number of ketones is 1. The lowest BCUT2D eigenvalue weighted by molar-refractivity contribution is -0.120. The van der Waals surface area contributed by atoms with Crippen LogP contribution in [0.3, 0.4) is 0 Å². The van der Waals surface area contributed by atoms with E-state index >= 15 is 0 Å². The fraction of sp³-hybridized carbons (Fsp3) is 0.364. The molecule has 3 nitrogen and oxygen atoms in total. The van der Waals surface area contributed by atoms with Gasteiger partial charge in [-0.25, -0.2) is 0 Å². The minimum atomic E-state index is -0.132. The van der Waals surface area contributed by atoms with Crippen molar-refractivity contribution in [3.8, 4) is 11.5 Å². The summed E-state index contributed by atoms with van der Waals surface area (Å²) in [5, 5.41) is 19.0. The molecule has 0 aromatic heterocycles. The topological polar surface area (TPSA) is 57.5 Å². The average Bonchev–Trinajstić information content (AvgIpc) is 2.18. The Bertz CT molecular complexity index is 388. The van der Waals surface area contributed by atoms with E-state index in [0.717, 1.165) is 0 Å². The summed E-state index contributed by atoms with van der Waals surface area (Å²) in [7, 11) is 0. The van der Waals surface area contributed by atoms with E-state index in [4.69, 9.17) is 0 Å². The predicted molar refractivity (Wildman–Crippen MR) is 61.0 cm³/mol. The van der Waals surface area contributed by atoms with Gasteiger partial charge in [0, 0.05) is 5.92 Å². The molecule has 0 aliphatic heterocycles. The Morgan fingerprint density at radius 1 is 1.47 bits per heavy atom. The Morgan fingerprint density at radius 3 is 2.60 bits per heavy atom. The maximum Gasteiger partial charge on any atom is 0.136 e. The molecule has 0 aliphatic rings. The number of aromatic hydroxyl groups is 2. The average molecular weight is 273 g/mol. The van der Waals surface area contributed by atoms with Crippen molar-refractivity contribution in [2.24, 2.45) is 5.92 Å². The monoisotopic (exact) mass is 272 g/mol. The predicted octanol–water partition coefficient (Wildman–Crippen LogP) is 2.63. The molecule has 1 aromatic carbocycles. The summed E-state index contributed by atoms with van der Waals surface area (Å²) in [5.74, 6) is -0.0548. The summed E-state index contributed by atoms with van der Waals surface area (Å²) >= 11 is 3.07. The van der Waals surface area contributed by atoms with E-state index in [1.807, 2.05) is 6.92 Å². The number of hydrogen-bond acceptors (Lipinski definition) is 3. The summed E-state index contributed by atoms with van der Waals surface area (Å²) < 4.78 is 0.274. The maximum absolute atomic E-state index is 11.1. The van der Waals surface area contributed by atoms with E-state index < -0.39 is 0 Å². The molecule has 4 heteroatoms. The molecule has 82 valence electrons. The molecule has 1 aromatic rings. The fourth-order valence-electron chi connectivity index (χ4n) is 1.23. The van der Waals surface area contributed by atoms with Crippen molar-refractivity contribution in [2.45, 2.75) is 20.3 Å². The van der Waals surface area contributed by atoms with Crippen LogP contribution in [0.15, 0.2) is 16.6 Å². The lowest BCUT2D eigenvalue weighted by Crippen LogP contribution is -2.09. The number of Topliss-reactive ketones (excluding diaryl/α,β-unsaturated/α-hetero) is 1. The van der Waals surface area contributed by atoms with Gasteiger partial charge in [0.05, 0.1) is 0 Å². The van der Waals surface area contributed by atoms with E-state index in [9.17, 15) is 15.0 Å². The molecule has 0 spiro atoms. The zero-order valence-electron chi connectivity index (χ0n) is 8.62. The van der Waals surface area contributed by atoms with Crippen molar-refractivity contribution >= 4 is 21.7 Å². The summed E-state index contributed by atoms with van der Waals surface area (Å²) in [6.45, 7) is 3.33. The molecule has 0 fully saturated rings. The molecule has 2 N–H and O–H groups in total. The summed E-state index contributed by atoms with van der Waals surface area (Å²) in [6.07, 6.45) is 0.472. The highest BCUT2D eigenvalue weighted by Crippen LogP contribution is 2.36. The van der Waals surface area contributed by atoms with E-state index in [-0.39, 0.29) is 27.7 Å². The number of phenols is 2. The van der Waals surface area contributed by atoms with Crippen LogP contribution < -0.4 is 0 Å². The van der Waals surface area contributed by atoms with E-state index in [1.165, 1.54) is 13.0 Å². The SMILES string of the molecule is CC(=O)C(C)Cc1ccc(O)c(Br)c1O. The zero-order chi connectivity index (χ0) is 11.6. The summed E-state index contributed by atoms with van der Waals surface area (Å²) in [5.41, 5.74) is 0.655. The van der Waals surface area contributed by atoms with Crippen molar-refractivity contribution in [2.75, 3.05) is 0 Å². The molecule has 1 unspecified atom stereocenters. The second-order valence-electron chi connectivity index (χ2n) is 3.62. The normalized spacial score (nSPS) is 12.5. The first-order chi connectivity index (χ1) is 6.93. The van der Waals surface area contributed by atoms with Crippen LogP contribution >= 0.6 is 15.9 Å². The molecule has 0 saturated carbocycles. The number of rotatable bonds is 3. The van der Waals surface area contributed by atoms with Crippen molar-refractivity contribution < 1.29 is 15.0 Å². The molecular weight excluding hydrogens is 260 g/mol. The molecule has 1 atom stereocenters. The maximum atomic E-state index is 11.1. The fourth-order valence-corrected chi connectivity index (χ4v) is 1.62. The second-order valence-corrected chi connectivity index (χ2v) is 4.42. The number of hydrogen-bond donors (Lipinski definition) is 2. The molecule has 0 saturated heterocycles. The molecule has 15 heavy (non-hydrogen) atoms. The van der Waals surface area contributed by atoms with Crippen molar-refractivity contribution in [3.63, 3.8) is 0 Å². The van der Waals surface area contributed by atoms with Gasteiger partial charge in [0.1, 0.15) is 21.8 Å². The largest absolute Gasteiger partial charge is 0.507 e. The van der Waals surface area contributed by atoms with Crippen LogP contribution in [-0.4, -0.2) is 16.0 Å². The van der Waals surface area contributed by atoms with Gasteiger partial charge in [0.25, 0.3) is 0 Å². The van der Waals surface area contributed by atoms with Gasteiger partial charge < -0.3 is 10.2 Å². The van der Waals surface area contributed by atoms with Gasteiger partial charge >= 0.3 is 0 Å². The number of phenolic OH excluding ortho intramolecular Hbond substituents is 2. The minimum Gasteiger partial charge on any atom is -0.507 e. The Hall–Kier alpha value is -1.03. The second kappa shape index (κ2) is 4.66. The molecule has 1 rings (SSSR count). The molecule has 0 amide bonds. The van der Waals surface area contributed by atoms with E-state index in [2.05, 4.69) is 15.9 Å². The standard InChI is InChI=1S/C11H13BrO3/c1-6(7(2)13)5-8-3-4-9(14)10(12)11(8)15/h3-4,6,14-15H,5H2,1-2H3. The Labute approximate surface area is 96.9 Å². The Balaban J connectivity index is 2.97. The van der Waals surface area contributed by atoms with Gasteiger partial charge in [-0.15, -0.1) is 0 Å². The first-order valence-corrected chi connectivity index (χ1v) is 5.42. The lowest BCUT2D eigenvalue weighted by Gasteiger charge is -2.10. The smallest absolute Gasteiger partial charge is 0.136 e. The highest BCUT2D eigenvalue weighted by molar-refractivity contribution is 9.10. The van der Waals surface area contributed by atoms with Crippen molar-refractivity contribution in [3.05, 3.63) is 22.2 Å². The van der Waals surface area contributed by atoms with Gasteiger partial charge in [-0.05, 0) is 40.9 Å². The van der Waals surface area contributed by atoms with Gasteiger partial charge in [0.2, 0.25) is 0 Å². The first-order valence-electron chi connectivity index (χ1n) is 4.63. The summed E-state index contributed by atoms with van der Waals surface area (Å²) in [6, 6.07) is 3.11. The molecule has 0 bridgehead atoms. The van der Waals surface area contributed by atoms with Gasteiger partial charge in [0.15, 0.2) is 0 Å². The van der Waals surface area contributed by atoms with Gasteiger partial charge in [-0.3, -0.25) is 4.79 Å². The lowest BCUT2D eigenvalue weighted by atomic mass is 9.97. The van der Waals surface area contributed by atoms with Crippen LogP contribution in [0.1, 0.15) is 19.4 Å². The molecular formula is C11H13BrO3. The van der Waals surface area contributed by atoms with Crippen LogP contribution in [0.2, 0.25) is 0 Å². The highest BCUT2D eigenvalue weighted by atomic mass is 79.9. The molecule has 0 radical (unpaired) electrons. The van der Waals surface area contributed by atoms with Crippen LogP contribution in [0, 0.1) is 5.92 Å². The van der Waals surface area contributed by atoms with Gasteiger partial charge in [-0.2, -0.15) is 0 Å². The number of carbonyl (C=O) groups excluding carboxylic acids is 1. The van der Waals surface area contributed by atoms with Crippen LogP contribution in [0.25, 0.3) is 0 Å². The molecule has 0 aliphatic carbocycles. The van der Waals surface area contributed by atoms with Crippen LogP contribution in [-0.2, 0) is 11.2 Å². The summed E-state index contributed by atoms with van der Waals surface area (Å²) in [4.78, 5) is 11.1. The number of halogens is 1. The van der Waals surface area contributed by atoms with Crippen LogP contribution in [0.4, 0.5) is 0 Å². The van der Waals surface area contributed by atoms with Crippen molar-refractivity contribution in [1.82, 2.24) is 0 Å². The van der Waals surface area contributed by atoms with Gasteiger partial charge in [-0.1, -0.05) is 13.0 Å². The number of carbonyl (C=O) groups is 1. The first kappa shape index (κ1) is 12.0. The molecule has 0 heterocycles. The minimum absolute atomic E-state index is 0.00287. The van der Waals surface area contributed by atoms with E-state index in [0.29, 0.717) is 12.0 Å². The number of benzene rings is 1.